The fourth-order valence-electron chi connectivity index (χ4n) is 1.54. The molecule has 0 aliphatic heterocycles. The molecule has 0 spiro atoms. The summed E-state index contributed by atoms with van der Waals surface area (Å²) in [4.78, 5) is 10.8. The van der Waals surface area contributed by atoms with Crippen LogP contribution in [0.2, 0.25) is 0 Å². The summed E-state index contributed by atoms with van der Waals surface area (Å²) in [6.45, 7) is 1.88. The molecule has 0 atom stereocenters. The number of para-hydroxylation sites is 1. The van der Waals surface area contributed by atoms with Gasteiger partial charge in [-0.05, 0) is 41.1 Å². The smallest absolute Gasteiger partial charge is 0.372 e. The second-order valence-electron chi connectivity index (χ2n) is 3.75. The Labute approximate surface area is 112 Å². The van der Waals surface area contributed by atoms with E-state index in [0.717, 1.165) is 4.47 Å². The monoisotopic (exact) mass is 310 g/mol. The Balaban J connectivity index is 2.09. The van der Waals surface area contributed by atoms with Crippen LogP contribution in [0.25, 0.3) is 0 Å². The van der Waals surface area contributed by atoms with Gasteiger partial charge in [0, 0.05) is 5.56 Å². The van der Waals surface area contributed by atoms with E-state index in [4.69, 9.17) is 14.3 Å². The zero-order valence-electron chi connectivity index (χ0n) is 9.64. The first-order chi connectivity index (χ1) is 8.58. The lowest BCUT2D eigenvalue weighted by molar-refractivity contribution is 0.0657. The molecule has 1 aromatic carbocycles. The highest BCUT2D eigenvalue weighted by molar-refractivity contribution is 9.10. The van der Waals surface area contributed by atoms with Gasteiger partial charge >= 0.3 is 5.97 Å². The van der Waals surface area contributed by atoms with Crippen molar-refractivity contribution < 1.29 is 19.1 Å². The highest BCUT2D eigenvalue weighted by Crippen LogP contribution is 2.25. The number of carboxylic acids is 1. The number of ether oxygens (including phenoxy) is 1. The van der Waals surface area contributed by atoms with Gasteiger partial charge in [0.05, 0.1) is 4.47 Å². The maximum Gasteiger partial charge on any atom is 0.372 e. The lowest BCUT2D eigenvalue weighted by Crippen LogP contribution is -1.96. The van der Waals surface area contributed by atoms with Crippen LogP contribution in [0.3, 0.4) is 0 Å². The summed E-state index contributed by atoms with van der Waals surface area (Å²) in [6.07, 6.45) is 0. The third-order valence-electron chi connectivity index (χ3n) is 2.37. The second kappa shape index (κ2) is 5.27. The van der Waals surface area contributed by atoms with E-state index in [1.54, 1.807) is 13.0 Å². The molecule has 1 heterocycles. The van der Waals surface area contributed by atoms with Crippen LogP contribution in [0.1, 0.15) is 21.9 Å². The number of carbonyl (C=O) groups is 1. The summed E-state index contributed by atoms with van der Waals surface area (Å²) in [6, 6.07) is 9.09. The molecule has 0 radical (unpaired) electrons. The lowest BCUT2D eigenvalue weighted by Gasteiger charge is -2.05. The van der Waals surface area contributed by atoms with Crippen molar-refractivity contribution in [3.05, 3.63) is 51.9 Å². The van der Waals surface area contributed by atoms with Gasteiger partial charge in [-0.3, -0.25) is 0 Å². The minimum atomic E-state index is -1.07. The zero-order chi connectivity index (χ0) is 13.1. The molecule has 0 saturated heterocycles. The average Bonchev–Trinajstić information content (AvgIpc) is 2.70. The lowest BCUT2D eigenvalue weighted by atomic mass is 10.3. The molecule has 4 nitrogen and oxygen atoms in total. The van der Waals surface area contributed by atoms with Crippen LogP contribution in [0.4, 0.5) is 0 Å². The van der Waals surface area contributed by atoms with Crippen molar-refractivity contribution in [3.8, 4) is 5.75 Å². The van der Waals surface area contributed by atoms with Gasteiger partial charge in [-0.25, -0.2) is 4.79 Å². The summed E-state index contributed by atoms with van der Waals surface area (Å²) in [5.74, 6) is 0.0597. The molecule has 94 valence electrons. The molecule has 1 aromatic heterocycles. The van der Waals surface area contributed by atoms with Crippen molar-refractivity contribution in [2.24, 2.45) is 0 Å². The fourth-order valence-corrected chi connectivity index (χ4v) is 1.94. The summed E-state index contributed by atoms with van der Waals surface area (Å²) >= 11 is 3.36. The van der Waals surface area contributed by atoms with E-state index in [0.29, 0.717) is 17.1 Å². The molecule has 18 heavy (non-hydrogen) atoms. The van der Waals surface area contributed by atoms with E-state index in [1.165, 1.54) is 0 Å². The molecule has 2 rings (SSSR count). The highest BCUT2D eigenvalue weighted by Gasteiger charge is 2.14. The maximum atomic E-state index is 10.8. The Bertz CT molecular complexity index is 574. The molecular formula is C13H11BrO4. The SMILES string of the molecule is Cc1cc(COc2ccccc2Br)oc1C(=O)O. The Morgan fingerprint density at radius 2 is 2.17 bits per heavy atom. The molecule has 0 fully saturated rings. The minimum absolute atomic E-state index is 0.0410. The van der Waals surface area contributed by atoms with Crippen LogP contribution >= 0.6 is 15.9 Å². The quantitative estimate of drug-likeness (QED) is 0.936. The Morgan fingerprint density at radius 1 is 1.44 bits per heavy atom. The van der Waals surface area contributed by atoms with Crippen molar-refractivity contribution in [2.45, 2.75) is 13.5 Å². The van der Waals surface area contributed by atoms with Crippen molar-refractivity contribution in [1.29, 1.82) is 0 Å². The normalized spacial score (nSPS) is 10.3. The molecule has 0 aliphatic rings. The van der Waals surface area contributed by atoms with Crippen LogP contribution in [0, 0.1) is 6.92 Å². The number of hydrogen-bond acceptors (Lipinski definition) is 3. The standard InChI is InChI=1S/C13H11BrO4/c1-8-6-9(18-12(8)13(15)16)7-17-11-5-3-2-4-10(11)14/h2-6H,7H2,1H3,(H,15,16). The zero-order valence-corrected chi connectivity index (χ0v) is 11.2. The largest absolute Gasteiger partial charge is 0.484 e. The van der Waals surface area contributed by atoms with Gasteiger partial charge in [0.2, 0.25) is 5.76 Å². The number of rotatable bonds is 4. The molecule has 5 heteroatoms. The Kier molecular flexibility index (Phi) is 3.72. The molecule has 0 unspecified atom stereocenters. The molecule has 1 N–H and O–H groups in total. The van der Waals surface area contributed by atoms with Crippen LogP contribution in [-0.4, -0.2) is 11.1 Å². The van der Waals surface area contributed by atoms with Gasteiger partial charge < -0.3 is 14.3 Å². The van der Waals surface area contributed by atoms with Crippen LogP contribution in [-0.2, 0) is 6.61 Å². The van der Waals surface area contributed by atoms with Crippen molar-refractivity contribution in [3.63, 3.8) is 0 Å². The van der Waals surface area contributed by atoms with Gasteiger partial charge in [0.15, 0.2) is 0 Å². The molecule has 0 saturated carbocycles. The Morgan fingerprint density at radius 3 is 2.78 bits per heavy atom. The van der Waals surface area contributed by atoms with Gasteiger partial charge in [0.1, 0.15) is 18.1 Å². The van der Waals surface area contributed by atoms with Crippen molar-refractivity contribution in [1.82, 2.24) is 0 Å². The van der Waals surface area contributed by atoms with Gasteiger partial charge in [-0.1, -0.05) is 12.1 Å². The first kappa shape index (κ1) is 12.7. The molecular weight excluding hydrogens is 300 g/mol. The summed E-state index contributed by atoms with van der Waals surface area (Å²) in [7, 11) is 0. The number of hydrogen-bond donors (Lipinski definition) is 1. The first-order valence-corrected chi connectivity index (χ1v) is 6.07. The minimum Gasteiger partial charge on any atom is -0.484 e. The van der Waals surface area contributed by atoms with Crippen molar-refractivity contribution >= 4 is 21.9 Å². The molecule has 0 aliphatic carbocycles. The number of aryl methyl sites for hydroxylation is 1. The predicted octanol–water partition coefficient (Wildman–Crippen LogP) is 3.63. The fraction of sp³-hybridized carbons (Fsp3) is 0.154. The third-order valence-corrected chi connectivity index (χ3v) is 3.02. The maximum absolute atomic E-state index is 10.8. The number of carboxylic acid groups (broad SMARTS) is 1. The number of furan rings is 1. The van der Waals surface area contributed by atoms with Crippen LogP contribution < -0.4 is 4.74 Å². The van der Waals surface area contributed by atoms with E-state index < -0.39 is 5.97 Å². The van der Waals surface area contributed by atoms with Gasteiger partial charge in [-0.15, -0.1) is 0 Å². The second-order valence-corrected chi connectivity index (χ2v) is 4.60. The van der Waals surface area contributed by atoms with Gasteiger partial charge in [-0.2, -0.15) is 0 Å². The summed E-state index contributed by atoms with van der Waals surface area (Å²) in [5.41, 5.74) is 0.591. The molecule has 0 amide bonds. The molecule has 2 aromatic rings. The highest BCUT2D eigenvalue weighted by atomic mass is 79.9. The van der Waals surface area contributed by atoms with Crippen LogP contribution in [0.15, 0.2) is 39.2 Å². The van der Waals surface area contributed by atoms with E-state index >= 15 is 0 Å². The summed E-state index contributed by atoms with van der Waals surface area (Å²) in [5, 5.41) is 8.87. The predicted molar refractivity (Wildman–Crippen MR) is 68.9 cm³/mol. The van der Waals surface area contributed by atoms with Crippen molar-refractivity contribution in [2.75, 3.05) is 0 Å². The van der Waals surface area contributed by atoms with E-state index in [1.807, 2.05) is 24.3 Å². The molecule has 0 bridgehead atoms. The number of aromatic carboxylic acids is 1. The van der Waals surface area contributed by atoms with E-state index in [2.05, 4.69) is 15.9 Å². The number of halogens is 1. The van der Waals surface area contributed by atoms with Crippen LogP contribution in [0.5, 0.6) is 5.75 Å². The Hall–Kier alpha value is -1.75. The average molecular weight is 311 g/mol. The third kappa shape index (κ3) is 2.73. The summed E-state index contributed by atoms with van der Waals surface area (Å²) < 4.78 is 11.6. The topological polar surface area (TPSA) is 59.7 Å². The van der Waals surface area contributed by atoms with E-state index in [-0.39, 0.29) is 12.4 Å². The first-order valence-electron chi connectivity index (χ1n) is 5.28. The number of benzene rings is 1. The van der Waals surface area contributed by atoms with E-state index in [9.17, 15) is 4.79 Å². The van der Waals surface area contributed by atoms with Gasteiger partial charge in [0.25, 0.3) is 0 Å².